The molecule has 6 nitrogen and oxygen atoms in total. The lowest BCUT2D eigenvalue weighted by Crippen LogP contribution is -2.30. The molecule has 0 atom stereocenters. The summed E-state index contributed by atoms with van der Waals surface area (Å²) in [5.41, 5.74) is 1.67. The Kier molecular flexibility index (Phi) is 10.1. The van der Waals surface area contributed by atoms with Crippen molar-refractivity contribution in [1.82, 2.24) is 5.32 Å². The molecule has 0 unspecified atom stereocenters. The Morgan fingerprint density at radius 1 is 0.875 bits per heavy atom. The predicted octanol–water partition coefficient (Wildman–Crippen LogP) is 7.38. The van der Waals surface area contributed by atoms with Crippen molar-refractivity contribution < 1.29 is 18.8 Å². The predicted molar refractivity (Wildman–Crippen MR) is 162 cm³/mol. The normalized spacial score (nSPS) is 11.0. The Morgan fingerprint density at radius 3 is 2.33 bits per heavy atom. The number of anilines is 2. The second-order valence-electron chi connectivity index (χ2n) is 8.37. The van der Waals surface area contributed by atoms with Crippen LogP contribution in [0.2, 0.25) is 5.02 Å². The molecule has 3 amide bonds. The van der Waals surface area contributed by atoms with Crippen LogP contribution in [0.5, 0.6) is 0 Å². The highest BCUT2D eigenvalue weighted by atomic mass is 79.9. The zero-order chi connectivity index (χ0) is 28.5. The van der Waals surface area contributed by atoms with Crippen LogP contribution in [0.25, 0.3) is 6.08 Å². The number of thioether (sulfide) groups is 1. The minimum absolute atomic E-state index is 0.0337. The summed E-state index contributed by atoms with van der Waals surface area (Å²) in [5, 5.41) is 8.50. The van der Waals surface area contributed by atoms with Gasteiger partial charge in [-0.1, -0.05) is 57.9 Å². The molecule has 3 N–H and O–H groups in total. The third kappa shape index (κ3) is 8.54. The fourth-order valence-corrected chi connectivity index (χ4v) is 4.69. The second kappa shape index (κ2) is 13.9. The molecule has 10 heteroatoms. The molecule has 4 rings (SSSR count). The number of halogens is 3. The van der Waals surface area contributed by atoms with Crippen LogP contribution < -0.4 is 16.0 Å². The Bertz CT molecular complexity index is 1570. The van der Waals surface area contributed by atoms with E-state index in [9.17, 15) is 18.8 Å². The van der Waals surface area contributed by atoms with Gasteiger partial charge in [0.25, 0.3) is 11.8 Å². The summed E-state index contributed by atoms with van der Waals surface area (Å²) in [6, 6.07) is 26.7. The zero-order valence-electron chi connectivity index (χ0n) is 20.8. The van der Waals surface area contributed by atoms with Crippen molar-refractivity contribution in [3.63, 3.8) is 0 Å². The standard InChI is InChI=1S/C30H22BrClFN3O3S/c31-21-9-14-26(25(33)17-21)35-28(37)18-40-24-12-10-23(11-13-24)34-30(39)27(16-19-5-4-8-22(32)15-19)36-29(38)20-6-2-1-3-7-20/h1-17H,18H2,(H,34,39)(H,35,37)(H,36,38)/b27-16-. The van der Waals surface area contributed by atoms with Crippen molar-refractivity contribution in [2.75, 3.05) is 16.4 Å². The molecule has 202 valence electrons. The van der Waals surface area contributed by atoms with E-state index in [1.165, 1.54) is 23.9 Å². The van der Waals surface area contributed by atoms with Gasteiger partial charge in [0, 0.05) is 25.6 Å². The zero-order valence-corrected chi connectivity index (χ0v) is 23.9. The fourth-order valence-electron chi connectivity index (χ4n) is 3.46. The summed E-state index contributed by atoms with van der Waals surface area (Å²) in [5.74, 6) is -1.78. The molecule has 0 fully saturated rings. The highest BCUT2D eigenvalue weighted by Gasteiger charge is 2.15. The average molecular weight is 639 g/mol. The van der Waals surface area contributed by atoms with Crippen LogP contribution >= 0.6 is 39.3 Å². The molecule has 0 saturated carbocycles. The number of hydrogen-bond donors (Lipinski definition) is 3. The van der Waals surface area contributed by atoms with Gasteiger partial charge in [-0.2, -0.15) is 0 Å². The molecule has 4 aromatic carbocycles. The first-order valence-electron chi connectivity index (χ1n) is 11.9. The van der Waals surface area contributed by atoms with Gasteiger partial charge in [0.15, 0.2) is 0 Å². The lowest BCUT2D eigenvalue weighted by atomic mass is 10.1. The molecular weight excluding hydrogens is 617 g/mol. The van der Waals surface area contributed by atoms with Gasteiger partial charge < -0.3 is 16.0 Å². The van der Waals surface area contributed by atoms with Crippen molar-refractivity contribution in [2.24, 2.45) is 0 Å². The van der Waals surface area contributed by atoms with E-state index in [1.54, 1.807) is 91.0 Å². The summed E-state index contributed by atoms with van der Waals surface area (Å²) in [7, 11) is 0. The minimum atomic E-state index is -0.531. The molecule has 0 heterocycles. The van der Waals surface area contributed by atoms with E-state index in [1.807, 2.05) is 0 Å². The van der Waals surface area contributed by atoms with Crippen molar-refractivity contribution in [3.8, 4) is 0 Å². The number of carbonyl (C=O) groups excluding carboxylic acids is 3. The quantitative estimate of drug-likeness (QED) is 0.132. The second-order valence-corrected chi connectivity index (χ2v) is 10.8. The van der Waals surface area contributed by atoms with E-state index in [-0.39, 0.29) is 23.0 Å². The third-order valence-corrected chi connectivity index (χ3v) is 7.12. The average Bonchev–Trinajstić information content (AvgIpc) is 2.94. The number of nitrogens with one attached hydrogen (secondary N) is 3. The number of carbonyl (C=O) groups is 3. The Balaban J connectivity index is 1.40. The highest BCUT2D eigenvalue weighted by molar-refractivity contribution is 9.10. The van der Waals surface area contributed by atoms with Crippen molar-refractivity contribution in [1.29, 1.82) is 0 Å². The molecule has 40 heavy (non-hydrogen) atoms. The van der Waals surface area contributed by atoms with Gasteiger partial charge >= 0.3 is 0 Å². The number of hydrogen-bond acceptors (Lipinski definition) is 4. The monoisotopic (exact) mass is 637 g/mol. The van der Waals surface area contributed by atoms with E-state index in [4.69, 9.17) is 11.6 Å². The Labute approximate surface area is 248 Å². The van der Waals surface area contributed by atoms with Crippen LogP contribution in [0, 0.1) is 5.82 Å². The van der Waals surface area contributed by atoms with Gasteiger partial charge in [0.1, 0.15) is 11.5 Å². The third-order valence-electron chi connectivity index (χ3n) is 5.38. The van der Waals surface area contributed by atoms with Gasteiger partial charge in [-0.3, -0.25) is 14.4 Å². The van der Waals surface area contributed by atoms with Crippen molar-refractivity contribution in [2.45, 2.75) is 4.90 Å². The maximum absolute atomic E-state index is 14.0. The van der Waals surface area contributed by atoms with E-state index in [2.05, 4.69) is 31.9 Å². The Morgan fingerprint density at radius 2 is 1.62 bits per heavy atom. The molecule has 4 aromatic rings. The first kappa shape index (κ1) is 29.1. The van der Waals surface area contributed by atoms with Gasteiger partial charge in [0.05, 0.1) is 11.4 Å². The van der Waals surface area contributed by atoms with Crippen molar-refractivity contribution >= 4 is 74.5 Å². The fraction of sp³-hybridized carbons (Fsp3) is 0.0333. The summed E-state index contributed by atoms with van der Waals surface area (Å²) in [6.07, 6.45) is 1.54. The van der Waals surface area contributed by atoms with Gasteiger partial charge in [-0.15, -0.1) is 11.8 Å². The van der Waals surface area contributed by atoms with Gasteiger partial charge in [-0.05, 0) is 78.4 Å². The number of rotatable bonds is 9. The summed E-state index contributed by atoms with van der Waals surface area (Å²) in [6.45, 7) is 0. The lowest BCUT2D eigenvalue weighted by molar-refractivity contribution is -0.114. The smallest absolute Gasteiger partial charge is 0.272 e. The Hall–Kier alpha value is -3.92. The van der Waals surface area contributed by atoms with Crippen LogP contribution in [0.15, 0.2) is 112 Å². The maximum atomic E-state index is 14.0. The molecule has 0 aliphatic carbocycles. The number of benzene rings is 4. The van der Waals surface area contributed by atoms with E-state index >= 15 is 0 Å². The van der Waals surface area contributed by atoms with Crippen LogP contribution in [-0.4, -0.2) is 23.5 Å². The van der Waals surface area contributed by atoms with Crippen molar-refractivity contribution in [3.05, 3.63) is 129 Å². The van der Waals surface area contributed by atoms with Crippen LogP contribution in [0.3, 0.4) is 0 Å². The largest absolute Gasteiger partial charge is 0.323 e. The number of amides is 3. The molecule has 0 spiro atoms. The summed E-state index contributed by atoms with van der Waals surface area (Å²) in [4.78, 5) is 39.0. The summed E-state index contributed by atoms with van der Waals surface area (Å²) >= 11 is 10.5. The van der Waals surface area contributed by atoms with Gasteiger partial charge in [-0.25, -0.2) is 4.39 Å². The van der Waals surface area contributed by atoms with E-state index in [0.29, 0.717) is 26.3 Å². The van der Waals surface area contributed by atoms with Gasteiger partial charge in [0.2, 0.25) is 5.91 Å². The first-order chi connectivity index (χ1) is 19.3. The van der Waals surface area contributed by atoms with E-state index in [0.717, 1.165) is 4.90 Å². The molecule has 0 aromatic heterocycles. The lowest BCUT2D eigenvalue weighted by Gasteiger charge is -2.12. The topological polar surface area (TPSA) is 87.3 Å². The molecule has 0 aliphatic heterocycles. The molecule has 0 bridgehead atoms. The first-order valence-corrected chi connectivity index (χ1v) is 14.1. The van der Waals surface area contributed by atoms with E-state index < -0.39 is 17.6 Å². The SMILES string of the molecule is O=C(CSc1ccc(NC(=O)/C(=C/c2cccc(Cl)c2)NC(=O)c2ccccc2)cc1)Nc1ccc(Br)cc1F. The van der Waals surface area contributed by atoms with Crippen LogP contribution in [0.1, 0.15) is 15.9 Å². The molecule has 0 radical (unpaired) electrons. The highest BCUT2D eigenvalue weighted by Crippen LogP contribution is 2.23. The molecular formula is C30H22BrClFN3O3S. The molecule has 0 saturated heterocycles. The molecule has 0 aliphatic rings. The summed E-state index contributed by atoms with van der Waals surface area (Å²) < 4.78 is 14.5. The van der Waals surface area contributed by atoms with Crippen LogP contribution in [0.4, 0.5) is 15.8 Å². The minimum Gasteiger partial charge on any atom is -0.323 e. The maximum Gasteiger partial charge on any atom is 0.272 e. The van der Waals surface area contributed by atoms with Crippen LogP contribution in [-0.2, 0) is 9.59 Å².